The third kappa shape index (κ3) is 2.93. The van der Waals surface area contributed by atoms with Gasteiger partial charge in [-0.05, 0) is 31.5 Å². The van der Waals surface area contributed by atoms with Gasteiger partial charge in [-0.25, -0.2) is 27.6 Å². The van der Waals surface area contributed by atoms with Crippen LogP contribution in [0.15, 0.2) is 24.5 Å². The van der Waals surface area contributed by atoms with Gasteiger partial charge in [0.05, 0.1) is 12.6 Å². The number of aromatic nitrogens is 3. The average molecular weight is 356 g/mol. The molecule has 0 bridgehead atoms. The molecule has 1 atom stereocenters. The van der Waals surface area contributed by atoms with E-state index in [2.05, 4.69) is 10.1 Å². The largest absolute Gasteiger partial charge is 0.465 e. The van der Waals surface area contributed by atoms with Gasteiger partial charge < -0.3 is 9.84 Å². The Hall–Kier alpha value is -2.62. The van der Waals surface area contributed by atoms with Crippen LogP contribution in [0.1, 0.15) is 37.7 Å². The normalized spacial score (nSPS) is 19.6. The molecule has 1 aromatic heterocycles. The van der Waals surface area contributed by atoms with Gasteiger partial charge in [-0.15, -0.1) is 0 Å². The van der Waals surface area contributed by atoms with Crippen molar-refractivity contribution in [3.63, 3.8) is 0 Å². The molecule has 2 heterocycles. The minimum Gasteiger partial charge on any atom is -0.465 e. The van der Waals surface area contributed by atoms with Crippen molar-refractivity contribution in [2.24, 2.45) is 0 Å². The molecule has 0 saturated carbocycles. The van der Waals surface area contributed by atoms with Crippen LogP contribution in [0, 0.1) is 5.82 Å². The minimum atomic E-state index is -2.94. The second kappa shape index (κ2) is 6.03. The van der Waals surface area contributed by atoms with E-state index in [1.54, 1.807) is 13.8 Å². The number of halogens is 3. The Kier molecular flexibility index (Phi) is 4.15. The van der Waals surface area contributed by atoms with Gasteiger partial charge in [0.2, 0.25) is 0 Å². The van der Waals surface area contributed by atoms with Crippen LogP contribution in [-0.2, 0) is 4.74 Å². The molecule has 0 aliphatic carbocycles. The second-order valence-electron chi connectivity index (χ2n) is 5.97. The van der Waals surface area contributed by atoms with Crippen molar-refractivity contribution in [2.45, 2.75) is 32.0 Å². The van der Waals surface area contributed by atoms with E-state index in [4.69, 9.17) is 4.74 Å². The maximum atomic E-state index is 14.2. The lowest BCUT2D eigenvalue weighted by molar-refractivity contribution is -0.0420. The van der Waals surface area contributed by atoms with Crippen molar-refractivity contribution in [2.75, 3.05) is 6.61 Å². The Morgan fingerprint density at radius 1 is 1.44 bits per heavy atom. The first-order valence-electron chi connectivity index (χ1n) is 7.36. The van der Waals surface area contributed by atoms with E-state index in [1.807, 2.05) is 0 Å². The fraction of sp³-hybridized carbons (Fsp3) is 0.400. The summed E-state index contributed by atoms with van der Waals surface area (Å²) < 4.78 is 46.4. The van der Waals surface area contributed by atoms with Crippen molar-refractivity contribution < 1.29 is 27.8 Å². The van der Waals surface area contributed by atoms with E-state index in [-0.39, 0.29) is 12.3 Å². The predicted molar refractivity (Wildman–Crippen MR) is 78.9 cm³/mol. The summed E-state index contributed by atoms with van der Waals surface area (Å²) in [7, 11) is 0. The maximum Gasteiger partial charge on any atom is 0.410 e. The molecular formula is C15H15F3N4O3. The Morgan fingerprint density at radius 2 is 2.16 bits per heavy atom. The van der Waals surface area contributed by atoms with Gasteiger partial charge >= 0.3 is 6.09 Å². The summed E-state index contributed by atoms with van der Waals surface area (Å²) in [5, 5.41) is 13.1. The third-order valence-corrected chi connectivity index (χ3v) is 4.04. The molecule has 1 aliphatic rings. The molecule has 1 fully saturated rings. The molecule has 10 heteroatoms. The van der Waals surface area contributed by atoms with Crippen LogP contribution < -0.4 is 0 Å². The lowest BCUT2D eigenvalue weighted by Gasteiger charge is -2.31. The van der Waals surface area contributed by atoms with Gasteiger partial charge in [-0.1, -0.05) is 6.07 Å². The number of benzene rings is 1. The lowest BCUT2D eigenvalue weighted by atomic mass is 10.0. The molecule has 1 aliphatic heterocycles. The average Bonchev–Trinajstić information content (AvgIpc) is 3.11. The molecule has 1 aromatic carbocycles. The van der Waals surface area contributed by atoms with Gasteiger partial charge in [-0.2, -0.15) is 5.10 Å². The Morgan fingerprint density at radius 3 is 2.80 bits per heavy atom. The van der Waals surface area contributed by atoms with Crippen molar-refractivity contribution in [1.29, 1.82) is 0 Å². The number of rotatable bonds is 3. The molecule has 7 nitrogen and oxygen atoms in total. The zero-order valence-corrected chi connectivity index (χ0v) is 13.4. The Balaban J connectivity index is 2.06. The van der Waals surface area contributed by atoms with Crippen molar-refractivity contribution in [3.8, 4) is 5.69 Å². The van der Waals surface area contributed by atoms with E-state index in [0.717, 1.165) is 17.3 Å². The van der Waals surface area contributed by atoms with E-state index in [1.165, 1.54) is 12.1 Å². The van der Waals surface area contributed by atoms with Crippen LogP contribution in [0.2, 0.25) is 0 Å². The zero-order valence-electron chi connectivity index (χ0n) is 13.4. The van der Waals surface area contributed by atoms with E-state index < -0.39 is 35.9 Å². The first-order chi connectivity index (χ1) is 11.7. The molecule has 1 saturated heterocycles. The summed E-state index contributed by atoms with van der Waals surface area (Å²) in [5.41, 5.74) is -0.896. The maximum absolute atomic E-state index is 14.2. The van der Waals surface area contributed by atoms with Gasteiger partial charge in [0.15, 0.2) is 5.82 Å². The van der Waals surface area contributed by atoms with Crippen LogP contribution in [0.25, 0.3) is 5.69 Å². The highest BCUT2D eigenvalue weighted by Gasteiger charge is 2.44. The van der Waals surface area contributed by atoms with Crippen LogP contribution >= 0.6 is 0 Å². The fourth-order valence-corrected chi connectivity index (χ4v) is 2.90. The molecule has 1 amide bonds. The highest BCUT2D eigenvalue weighted by atomic mass is 19.3. The number of alkyl halides is 2. The monoisotopic (exact) mass is 356 g/mol. The molecule has 3 rings (SSSR count). The van der Waals surface area contributed by atoms with Crippen molar-refractivity contribution >= 4 is 6.09 Å². The summed E-state index contributed by atoms with van der Waals surface area (Å²) >= 11 is 0. The summed E-state index contributed by atoms with van der Waals surface area (Å²) in [6.07, 6.45) is -3.24. The predicted octanol–water partition coefficient (Wildman–Crippen LogP) is 3.13. The molecule has 25 heavy (non-hydrogen) atoms. The smallest absolute Gasteiger partial charge is 0.410 e. The second-order valence-corrected chi connectivity index (χ2v) is 5.97. The lowest BCUT2D eigenvalue weighted by Crippen LogP contribution is -2.44. The number of nitrogens with zero attached hydrogens (tertiary/aromatic N) is 4. The minimum absolute atomic E-state index is 0.0590. The van der Waals surface area contributed by atoms with Crippen LogP contribution in [0.5, 0.6) is 0 Å². The fourth-order valence-electron chi connectivity index (χ4n) is 2.90. The topological polar surface area (TPSA) is 80.5 Å². The summed E-state index contributed by atoms with van der Waals surface area (Å²) in [5.74, 6) is -1.48. The number of hydrogen-bond donors (Lipinski definition) is 1. The Labute approximate surface area is 140 Å². The van der Waals surface area contributed by atoms with E-state index in [0.29, 0.717) is 10.2 Å². The number of carbonyl (C=O) groups is 1. The third-order valence-electron chi connectivity index (χ3n) is 4.04. The van der Waals surface area contributed by atoms with Gasteiger partial charge in [-0.3, -0.25) is 4.90 Å². The quantitative estimate of drug-likeness (QED) is 0.914. The standard InChI is InChI=1S/C15H15F3N4O3/c1-15(2)21(14(23)24)11(6-25-15)8-3-4-9(16)10(5-8)22-13(12(17)18)19-7-20-22/h3-5,7,11-12H,6H2,1-2H3,(H,23,24)/t11-/m1/s1. The van der Waals surface area contributed by atoms with Gasteiger partial charge in [0.25, 0.3) is 6.43 Å². The molecule has 0 unspecified atom stereocenters. The zero-order chi connectivity index (χ0) is 18.4. The van der Waals surface area contributed by atoms with Gasteiger partial charge in [0.1, 0.15) is 23.6 Å². The summed E-state index contributed by atoms with van der Waals surface area (Å²) in [6.45, 7) is 3.25. The molecule has 2 aromatic rings. The van der Waals surface area contributed by atoms with Crippen LogP contribution in [0.3, 0.4) is 0 Å². The Bertz CT molecular complexity index is 809. The van der Waals surface area contributed by atoms with Crippen molar-refractivity contribution in [3.05, 3.63) is 41.7 Å². The van der Waals surface area contributed by atoms with E-state index in [9.17, 15) is 23.1 Å². The first-order valence-corrected chi connectivity index (χ1v) is 7.36. The molecular weight excluding hydrogens is 341 g/mol. The van der Waals surface area contributed by atoms with Gasteiger partial charge in [0, 0.05) is 0 Å². The van der Waals surface area contributed by atoms with E-state index >= 15 is 0 Å². The SMILES string of the molecule is CC1(C)OC[C@H](c2ccc(F)c(-n3ncnc3C(F)F)c2)N1C(=O)O. The van der Waals surface area contributed by atoms with Crippen LogP contribution in [-0.4, -0.2) is 43.2 Å². The molecule has 0 spiro atoms. The number of hydrogen-bond acceptors (Lipinski definition) is 4. The highest BCUT2D eigenvalue weighted by Crippen LogP contribution is 2.37. The number of carboxylic acid groups (broad SMARTS) is 1. The van der Waals surface area contributed by atoms with Crippen molar-refractivity contribution in [1.82, 2.24) is 19.7 Å². The first kappa shape index (κ1) is 17.2. The summed E-state index contributed by atoms with van der Waals surface area (Å²) in [4.78, 5) is 16.1. The molecule has 1 N–H and O–H groups in total. The number of amides is 1. The highest BCUT2D eigenvalue weighted by molar-refractivity contribution is 5.67. The molecule has 134 valence electrons. The summed E-state index contributed by atoms with van der Waals surface area (Å²) in [6, 6.07) is 3.04. The van der Waals surface area contributed by atoms with Crippen LogP contribution in [0.4, 0.5) is 18.0 Å². The molecule has 0 radical (unpaired) electrons. The number of ether oxygens (including phenoxy) is 1.